The number of rotatable bonds is 5. The SMILES string of the molecule is CC[C@H]1OC(=O)[C@H](C)C(=O)[C@H](C)[C@@H](O[C@@H]2O[C@H](C)C[C@H]([N+](C)(C)O)[C@H]2O)[C@@]2(C)C[C@@H](C)C3(OC1(C)C=C3CBr)O2. The number of fused-ring (bicyclic) bond motifs is 2. The van der Waals surface area contributed by atoms with Crippen LogP contribution in [0, 0.1) is 17.8 Å². The van der Waals surface area contributed by atoms with E-state index in [1.165, 1.54) is 0 Å². The second-order valence-corrected chi connectivity index (χ2v) is 13.7. The first kappa shape index (κ1) is 32.0. The van der Waals surface area contributed by atoms with E-state index in [9.17, 15) is 19.9 Å². The number of ketones is 1. The van der Waals surface area contributed by atoms with Gasteiger partial charge in [0, 0.05) is 23.6 Å². The number of halogens is 1. The van der Waals surface area contributed by atoms with Crippen LogP contribution < -0.4 is 0 Å². The Bertz CT molecular complexity index is 1030. The Hall–Kier alpha value is -0.920. The molecular weight excluding hydrogens is 586 g/mol. The molecule has 0 aromatic carbocycles. The smallest absolute Gasteiger partial charge is 0.316 e. The average molecular weight is 634 g/mol. The lowest BCUT2D eigenvalue weighted by molar-refractivity contribution is -1.09. The molecule has 228 valence electrons. The van der Waals surface area contributed by atoms with Crippen molar-refractivity contribution in [2.24, 2.45) is 17.8 Å². The minimum Gasteiger partial charge on any atom is -0.458 e. The van der Waals surface area contributed by atoms with Gasteiger partial charge in [0.25, 0.3) is 0 Å². The number of esters is 1. The van der Waals surface area contributed by atoms with Gasteiger partial charge in [-0.25, -0.2) is 5.21 Å². The highest BCUT2D eigenvalue weighted by Gasteiger charge is 2.65. The largest absolute Gasteiger partial charge is 0.458 e. The number of quaternary nitrogens is 1. The molecule has 4 aliphatic heterocycles. The fourth-order valence-corrected chi connectivity index (χ4v) is 7.83. The number of carbonyl (C=O) groups excluding carboxylic acids is 2. The van der Waals surface area contributed by atoms with Crippen LogP contribution in [0.4, 0.5) is 0 Å². The molecule has 0 amide bonds. The summed E-state index contributed by atoms with van der Waals surface area (Å²) in [6.07, 6.45) is -0.763. The molecule has 0 radical (unpaired) electrons. The first-order valence-corrected chi connectivity index (χ1v) is 15.5. The van der Waals surface area contributed by atoms with E-state index in [1.54, 1.807) is 27.9 Å². The quantitative estimate of drug-likeness (QED) is 0.117. The van der Waals surface area contributed by atoms with Gasteiger partial charge in [-0.3, -0.25) is 9.59 Å². The van der Waals surface area contributed by atoms with Crippen molar-refractivity contribution in [3.8, 4) is 0 Å². The second kappa shape index (κ2) is 11.0. The Morgan fingerprint density at radius 3 is 2.38 bits per heavy atom. The van der Waals surface area contributed by atoms with Crippen LogP contribution in [-0.4, -0.2) is 99.9 Å². The number of cyclic esters (lactones) is 1. The van der Waals surface area contributed by atoms with Gasteiger partial charge < -0.3 is 28.8 Å². The summed E-state index contributed by atoms with van der Waals surface area (Å²) in [4.78, 5) is 27.1. The fraction of sp³-hybridized carbons (Fsp3) is 0.862. The van der Waals surface area contributed by atoms with E-state index >= 15 is 0 Å². The lowest BCUT2D eigenvalue weighted by atomic mass is 9.79. The molecule has 3 bridgehead atoms. The molecule has 0 aromatic heterocycles. The monoisotopic (exact) mass is 632 g/mol. The fourth-order valence-electron chi connectivity index (χ4n) is 7.28. The van der Waals surface area contributed by atoms with Crippen LogP contribution in [0.15, 0.2) is 11.6 Å². The number of carbonyl (C=O) groups is 2. The van der Waals surface area contributed by atoms with Crippen molar-refractivity contribution in [1.82, 2.24) is 0 Å². The van der Waals surface area contributed by atoms with E-state index in [0.717, 1.165) is 5.57 Å². The number of Topliss-reactive ketones (excluding diaryl/α,β-unsaturated/α-hetero) is 1. The average Bonchev–Trinajstić information content (AvgIpc) is 3.31. The maximum atomic E-state index is 13.8. The maximum absolute atomic E-state index is 13.8. The molecular formula is C29H47BrNO9+. The Morgan fingerprint density at radius 1 is 1.15 bits per heavy atom. The minimum atomic E-state index is -1.17. The lowest BCUT2D eigenvalue weighted by Crippen LogP contribution is -2.63. The number of ether oxygens (including phenoxy) is 5. The van der Waals surface area contributed by atoms with Gasteiger partial charge >= 0.3 is 5.97 Å². The van der Waals surface area contributed by atoms with Crippen LogP contribution in [-0.2, 0) is 33.3 Å². The van der Waals surface area contributed by atoms with Gasteiger partial charge in [0.05, 0.1) is 31.9 Å². The highest BCUT2D eigenvalue weighted by atomic mass is 79.9. The van der Waals surface area contributed by atoms with Gasteiger partial charge in [-0.15, -0.1) is 0 Å². The summed E-state index contributed by atoms with van der Waals surface area (Å²) in [5.74, 6) is -4.10. The van der Waals surface area contributed by atoms with E-state index in [2.05, 4.69) is 15.9 Å². The van der Waals surface area contributed by atoms with Gasteiger partial charge in [0.15, 0.2) is 30.0 Å². The Morgan fingerprint density at radius 2 is 1.80 bits per heavy atom. The number of aliphatic hydroxyl groups is 1. The van der Waals surface area contributed by atoms with Crippen molar-refractivity contribution in [2.75, 3.05) is 19.4 Å². The number of aliphatic hydroxyl groups excluding tert-OH is 1. The topological polar surface area (TPSA) is 121 Å². The van der Waals surface area contributed by atoms with Crippen LogP contribution in [0.1, 0.15) is 67.7 Å². The molecule has 3 saturated heterocycles. The van der Waals surface area contributed by atoms with E-state index in [4.69, 9.17) is 23.7 Å². The highest BCUT2D eigenvalue weighted by molar-refractivity contribution is 9.09. The Kier molecular flexibility index (Phi) is 8.78. The number of likely N-dealkylation sites (N-methyl/N-ethyl adjacent to an activating group) is 1. The molecule has 0 aliphatic carbocycles. The normalized spacial score (nSPS) is 48.3. The van der Waals surface area contributed by atoms with Gasteiger partial charge in [-0.1, -0.05) is 36.7 Å². The minimum absolute atomic E-state index is 0.139. The van der Waals surface area contributed by atoms with Gasteiger partial charge in [-0.2, -0.15) is 4.65 Å². The molecule has 2 N–H and O–H groups in total. The number of hydroxylamine groups is 3. The number of hydrogen-bond acceptors (Lipinski definition) is 9. The zero-order chi connectivity index (χ0) is 30.0. The maximum Gasteiger partial charge on any atom is 0.316 e. The summed E-state index contributed by atoms with van der Waals surface area (Å²) in [6.45, 7) is 12.9. The van der Waals surface area contributed by atoms with Crippen molar-refractivity contribution in [3.63, 3.8) is 0 Å². The van der Waals surface area contributed by atoms with Crippen molar-refractivity contribution >= 4 is 27.7 Å². The molecule has 1 spiro atoms. The molecule has 12 atom stereocenters. The number of alkyl halides is 1. The summed E-state index contributed by atoms with van der Waals surface area (Å²) in [6, 6.07) is -0.574. The first-order chi connectivity index (χ1) is 18.4. The third-order valence-corrected chi connectivity index (χ3v) is 10.0. The van der Waals surface area contributed by atoms with Crippen molar-refractivity contribution in [3.05, 3.63) is 11.6 Å². The van der Waals surface area contributed by atoms with Crippen LogP contribution in [0.5, 0.6) is 0 Å². The van der Waals surface area contributed by atoms with E-state index in [1.807, 2.05) is 40.7 Å². The van der Waals surface area contributed by atoms with Crippen molar-refractivity contribution in [2.45, 2.75) is 121 Å². The molecule has 2 unspecified atom stereocenters. The van der Waals surface area contributed by atoms with Crippen LogP contribution in [0.3, 0.4) is 0 Å². The summed E-state index contributed by atoms with van der Waals surface area (Å²) in [5.41, 5.74) is -1.13. The zero-order valence-corrected chi connectivity index (χ0v) is 26.8. The molecule has 0 saturated carbocycles. The van der Waals surface area contributed by atoms with E-state index in [-0.39, 0.29) is 17.8 Å². The molecule has 40 heavy (non-hydrogen) atoms. The summed E-state index contributed by atoms with van der Waals surface area (Å²) >= 11 is 3.62. The zero-order valence-electron chi connectivity index (χ0n) is 25.2. The summed E-state index contributed by atoms with van der Waals surface area (Å²) in [5, 5.41) is 22.5. The molecule has 3 fully saturated rings. The van der Waals surface area contributed by atoms with Gasteiger partial charge in [-0.05, 0) is 52.2 Å². The van der Waals surface area contributed by atoms with E-state index < -0.39 is 70.1 Å². The third-order valence-electron chi connectivity index (χ3n) is 9.43. The first-order valence-electron chi connectivity index (χ1n) is 14.4. The number of nitrogens with zero attached hydrogens (tertiary/aromatic N) is 1. The second-order valence-electron chi connectivity index (χ2n) is 13.2. The van der Waals surface area contributed by atoms with Crippen molar-refractivity contribution in [1.29, 1.82) is 0 Å². The molecule has 4 heterocycles. The van der Waals surface area contributed by atoms with Gasteiger partial charge in [0.2, 0.25) is 0 Å². The number of hydrogen-bond donors (Lipinski definition) is 2. The van der Waals surface area contributed by atoms with Crippen LogP contribution in [0.25, 0.3) is 0 Å². The molecule has 4 aliphatic rings. The molecule has 11 heteroatoms. The van der Waals surface area contributed by atoms with Crippen LogP contribution >= 0.6 is 15.9 Å². The Labute approximate surface area is 246 Å². The third kappa shape index (κ3) is 5.34. The molecule has 10 nitrogen and oxygen atoms in total. The molecule has 0 aromatic rings. The summed E-state index contributed by atoms with van der Waals surface area (Å²) in [7, 11) is 3.19. The standard InChI is InChI=1S/C29H47BrNO9/c1-10-21-27(6)13-19(14-30)29(39-27)15(2)12-28(7,40-29)24(17(4)22(32)18(5)25(34)37-21)38-26-23(33)20(31(8,9)35)11-16(3)36-26/h13,15-18,20-21,23-24,26,33,35H,10-12,14H2,1-9H3/q+1/t15-,16-,17+,18-,20+,21-,23-,24-,26+,27?,28-,29?/m1/s1. The van der Waals surface area contributed by atoms with Crippen molar-refractivity contribution < 1.29 is 48.2 Å². The van der Waals surface area contributed by atoms with Gasteiger partial charge in [0.1, 0.15) is 17.6 Å². The van der Waals surface area contributed by atoms with Crippen LogP contribution in [0.2, 0.25) is 0 Å². The predicted octanol–water partition coefficient (Wildman–Crippen LogP) is 3.50. The Balaban J connectivity index is 1.80. The van der Waals surface area contributed by atoms with E-state index in [0.29, 0.717) is 24.6 Å². The predicted molar refractivity (Wildman–Crippen MR) is 148 cm³/mol. The molecule has 4 rings (SSSR count). The highest BCUT2D eigenvalue weighted by Crippen LogP contribution is 2.56. The summed E-state index contributed by atoms with van der Waals surface area (Å²) < 4.78 is 31.8. The lowest BCUT2D eigenvalue weighted by Gasteiger charge is -2.46.